The predicted octanol–water partition coefficient (Wildman–Crippen LogP) is 3.24. The van der Waals surface area contributed by atoms with Crippen molar-refractivity contribution in [2.24, 2.45) is 0 Å². The lowest BCUT2D eigenvalue weighted by Gasteiger charge is -2.29. The molecule has 0 fully saturated rings. The molecule has 1 N–H and O–H groups in total. The van der Waals surface area contributed by atoms with Crippen LogP contribution in [-0.4, -0.2) is 31.5 Å². The van der Waals surface area contributed by atoms with Crippen LogP contribution in [0.3, 0.4) is 0 Å². The van der Waals surface area contributed by atoms with Crippen molar-refractivity contribution in [1.82, 2.24) is 5.32 Å². The van der Waals surface area contributed by atoms with Gasteiger partial charge in [-0.25, -0.2) is 8.42 Å². The maximum atomic E-state index is 12.9. The first-order valence-electron chi connectivity index (χ1n) is 9.03. The van der Waals surface area contributed by atoms with Gasteiger partial charge in [0.15, 0.2) is 0 Å². The van der Waals surface area contributed by atoms with E-state index in [9.17, 15) is 23.3 Å². The molecule has 2 aromatic rings. The van der Waals surface area contributed by atoms with Crippen LogP contribution in [0.5, 0.6) is 0 Å². The van der Waals surface area contributed by atoms with Gasteiger partial charge in [-0.3, -0.25) is 19.2 Å². The highest BCUT2D eigenvalue weighted by Crippen LogP contribution is 2.26. The van der Waals surface area contributed by atoms with Crippen molar-refractivity contribution in [3.8, 4) is 0 Å². The van der Waals surface area contributed by atoms with Crippen molar-refractivity contribution < 1.29 is 18.1 Å². The number of sulfonamides is 1. The summed E-state index contributed by atoms with van der Waals surface area (Å²) >= 11 is 0. The maximum Gasteiger partial charge on any atom is 0.271 e. The van der Waals surface area contributed by atoms with E-state index in [1.165, 1.54) is 25.1 Å². The minimum atomic E-state index is -3.87. The van der Waals surface area contributed by atoms with Crippen LogP contribution in [0.25, 0.3) is 0 Å². The zero-order chi connectivity index (χ0) is 21.9. The Morgan fingerprint density at radius 2 is 1.79 bits per heavy atom. The first kappa shape index (κ1) is 22.4. The molecule has 0 unspecified atom stereocenters. The molecule has 0 saturated carbocycles. The number of carbonyl (C=O) groups excluding carboxylic acids is 1. The standard InChI is InChI=1S/C20H25N3O5S/c1-13-9-10-14(2)19(11-13)15(3)21-20(24)16(4)22(29(5,27)28)17-7-6-8-18(12-17)23(25)26/h6-12,15-16H,1-5H3,(H,21,24)/t15-,16+/m1/s1. The molecule has 8 nitrogen and oxygen atoms in total. The smallest absolute Gasteiger partial charge is 0.271 e. The van der Waals surface area contributed by atoms with Gasteiger partial charge in [-0.05, 0) is 44.9 Å². The Balaban J connectivity index is 2.33. The van der Waals surface area contributed by atoms with Gasteiger partial charge in [-0.15, -0.1) is 0 Å². The molecule has 0 aliphatic rings. The molecule has 0 aliphatic heterocycles. The first-order valence-corrected chi connectivity index (χ1v) is 10.9. The highest BCUT2D eigenvalue weighted by atomic mass is 32.2. The lowest BCUT2D eigenvalue weighted by atomic mass is 10.00. The SMILES string of the molecule is Cc1ccc(C)c([C@@H](C)NC(=O)[C@H](C)N(c2cccc([N+](=O)[O-])c2)S(C)(=O)=O)c1. The predicted molar refractivity (Wildman–Crippen MR) is 112 cm³/mol. The number of hydrogen-bond donors (Lipinski definition) is 1. The van der Waals surface area contributed by atoms with Gasteiger partial charge in [0.2, 0.25) is 15.9 Å². The minimum Gasteiger partial charge on any atom is -0.348 e. The number of carbonyl (C=O) groups is 1. The second kappa shape index (κ2) is 8.60. The normalized spacial score (nSPS) is 13.4. The summed E-state index contributed by atoms with van der Waals surface area (Å²) in [6.45, 7) is 7.16. The summed E-state index contributed by atoms with van der Waals surface area (Å²) < 4.78 is 25.7. The molecule has 0 aliphatic carbocycles. The number of anilines is 1. The summed E-state index contributed by atoms with van der Waals surface area (Å²) in [7, 11) is -3.87. The van der Waals surface area contributed by atoms with Gasteiger partial charge in [0.05, 0.1) is 22.9 Å². The van der Waals surface area contributed by atoms with Gasteiger partial charge >= 0.3 is 0 Å². The summed E-state index contributed by atoms with van der Waals surface area (Å²) in [6.07, 6.45) is 0.962. The number of nitro benzene ring substituents is 1. The average Bonchev–Trinajstić information content (AvgIpc) is 2.62. The van der Waals surface area contributed by atoms with Crippen LogP contribution in [0.15, 0.2) is 42.5 Å². The zero-order valence-corrected chi connectivity index (χ0v) is 17.9. The second-order valence-electron chi connectivity index (χ2n) is 7.10. The third-order valence-electron chi connectivity index (χ3n) is 4.64. The third kappa shape index (κ3) is 5.32. The van der Waals surface area contributed by atoms with Gasteiger partial charge in [0.25, 0.3) is 5.69 Å². The van der Waals surface area contributed by atoms with Gasteiger partial charge in [0.1, 0.15) is 6.04 Å². The number of hydrogen-bond acceptors (Lipinski definition) is 5. The van der Waals surface area contributed by atoms with Crippen LogP contribution < -0.4 is 9.62 Å². The molecule has 1 amide bonds. The number of amides is 1. The van der Waals surface area contributed by atoms with Crippen LogP contribution in [0, 0.1) is 24.0 Å². The Morgan fingerprint density at radius 3 is 2.38 bits per heavy atom. The number of non-ortho nitro benzene ring substituents is 1. The molecule has 0 spiro atoms. The lowest BCUT2D eigenvalue weighted by molar-refractivity contribution is -0.384. The van der Waals surface area contributed by atoms with Crippen molar-refractivity contribution in [1.29, 1.82) is 0 Å². The zero-order valence-electron chi connectivity index (χ0n) is 17.0. The summed E-state index contributed by atoms with van der Waals surface area (Å²) in [4.78, 5) is 23.3. The Kier molecular flexibility index (Phi) is 6.63. The second-order valence-corrected chi connectivity index (χ2v) is 8.96. The minimum absolute atomic E-state index is 0.0590. The van der Waals surface area contributed by atoms with Crippen LogP contribution in [0.4, 0.5) is 11.4 Å². The molecule has 29 heavy (non-hydrogen) atoms. The van der Waals surface area contributed by atoms with E-state index < -0.39 is 26.9 Å². The molecule has 0 radical (unpaired) electrons. The summed E-state index contributed by atoms with van der Waals surface area (Å²) in [5.41, 5.74) is 2.80. The van der Waals surface area contributed by atoms with E-state index in [0.717, 1.165) is 33.3 Å². The molecule has 2 rings (SSSR count). The molecule has 2 aromatic carbocycles. The Bertz CT molecular complexity index is 1040. The fraction of sp³-hybridized carbons (Fsp3) is 0.350. The molecule has 156 valence electrons. The fourth-order valence-electron chi connectivity index (χ4n) is 3.19. The van der Waals surface area contributed by atoms with Crippen molar-refractivity contribution in [2.75, 3.05) is 10.6 Å². The van der Waals surface area contributed by atoms with E-state index in [1.807, 2.05) is 39.0 Å². The van der Waals surface area contributed by atoms with Gasteiger partial charge in [-0.1, -0.05) is 29.8 Å². The number of nitrogens with one attached hydrogen (secondary N) is 1. The molecular weight excluding hydrogens is 394 g/mol. The molecule has 2 atom stereocenters. The van der Waals surface area contributed by atoms with Crippen LogP contribution >= 0.6 is 0 Å². The number of benzene rings is 2. The van der Waals surface area contributed by atoms with E-state index >= 15 is 0 Å². The Hall–Kier alpha value is -2.94. The molecule has 0 bridgehead atoms. The van der Waals surface area contributed by atoms with Crippen LogP contribution in [0.2, 0.25) is 0 Å². The highest BCUT2D eigenvalue weighted by Gasteiger charge is 2.31. The quantitative estimate of drug-likeness (QED) is 0.547. The number of nitro groups is 1. The monoisotopic (exact) mass is 419 g/mol. The van der Waals surface area contributed by atoms with Gasteiger partial charge in [0, 0.05) is 12.1 Å². The van der Waals surface area contributed by atoms with E-state index in [-0.39, 0.29) is 17.4 Å². The summed E-state index contributed by atoms with van der Waals surface area (Å²) in [5.74, 6) is -0.504. The molecular formula is C20H25N3O5S. The number of rotatable bonds is 7. The lowest BCUT2D eigenvalue weighted by Crippen LogP contribution is -2.48. The van der Waals surface area contributed by atoms with Crippen molar-refractivity contribution in [2.45, 2.75) is 39.8 Å². The van der Waals surface area contributed by atoms with Crippen molar-refractivity contribution in [3.63, 3.8) is 0 Å². The molecule has 0 heterocycles. The van der Waals surface area contributed by atoms with Crippen molar-refractivity contribution in [3.05, 3.63) is 69.3 Å². The largest absolute Gasteiger partial charge is 0.348 e. The van der Waals surface area contributed by atoms with E-state index in [1.54, 1.807) is 0 Å². The Labute approximate surface area is 170 Å². The van der Waals surface area contributed by atoms with Crippen LogP contribution in [-0.2, 0) is 14.8 Å². The third-order valence-corrected chi connectivity index (χ3v) is 5.89. The first-order chi connectivity index (χ1) is 13.4. The van der Waals surface area contributed by atoms with Gasteiger partial charge in [-0.2, -0.15) is 0 Å². The van der Waals surface area contributed by atoms with E-state index in [4.69, 9.17) is 0 Å². The number of nitrogens with zero attached hydrogens (tertiary/aromatic N) is 2. The highest BCUT2D eigenvalue weighted by molar-refractivity contribution is 7.92. The molecule has 0 saturated heterocycles. The van der Waals surface area contributed by atoms with Gasteiger partial charge < -0.3 is 5.32 Å². The van der Waals surface area contributed by atoms with E-state index in [2.05, 4.69) is 5.32 Å². The fourth-order valence-corrected chi connectivity index (χ4v) is 4.36. The Morgan fingerprint density at radius 1 is 1.14 bits per heavy atom. The van der Waals surface area contributed by atoms with Crippen LogP contribution in [0.1, 0.15) is 36.6 Å². The number of aryl methyl sites for hydroxylation is 2. The molecule has 0 aromatic heterocycles. The molecule has 9 heteroatoms. The summed E-state index contributed by atoms with van der Waals surface area (Å²) in [5, 5.41) is 13.9. The van der Waals surface area contributed by atoms with E-state index in [0.29, 0.717) is 0 Å². The average molecular weight is 420 g/mol. The van der Waals surface area contributed by atoms with Crippen molar-refractivity contribution >= 4 is 27.3 Å². The topological polar surface area (TPSA) is 110 Å². The summed E-state index contributed by atoms with van der Waals surface area (Å²) in [6, 6.07) is 9.68. The maximum absolute atomic E-state index is 12.9.